The Morgan fingerprint density at radius 3 is 2.44 bits per heavy atom. The summed E-state index contributed by atoms with van der Waals surface area (Å²) < 4.78 is 6.29. The average molecular weight is 442 g/mol. The Morgan fingerprint density at radius 1 is 1.03 bits per heavy atom. The van der Waals surface area contributed by atoms with Gasteiger partial charge in [-0.3, -0.25) is 9.59 Å². The molecule has 0 aliphatic heterocycles. The fourth-order valence-corrected chi connectivity index (χ4v) is 3.66. The van der Waals surface area contributed by atoms with Gasteiger partial charge >= 0.3 is 5.97 Å². The van der Waals surface area contributed by atoms with Gasteiger partial charge in [-0.2, -0.15) is 5.10 Å². The minimum Gasteiger partial charge on any atom is -0.465 e. The molecule has 1 amide bonds. The van der Waals surface area contributed by atoms with Crippen LogP contribution in [0, 0.1) is 0 Å². The van der Waals surface area contributed by atoms with Crippen molar-refractivity contribution in [3.63, 3.8) is 0 Å². The van der Waals surface area contributed by atoms with E-state index in [4.69, 9.17) is 4.74 Å². The van der Waals surface area contributed by atoms with E-state index in [1.54, 1.807) is 29.2 Å². The molecule has 2 aromatic rings. The number of para-hydroxylation sites is 1. The lowest BCUT2D eigenvalue weighted by Gasteiger charge is -2.30. The van der Waals surface area contributed by atoms with Gasteiger partial charge in [0.05, 0.1) is 18.4 Å². The number of benzene rings is 1. The highest BCUT2D eigenvalue weighted by molar-refractivity contribution is 6.09. The van der Waals surface area contributed by atoms with E-state index in [1.165, 1.54) is 23.9 Å². The van der Waals surface area contributed by atoms with Crippen molar-refractivity contribution >= 4 is 17.6 Å². The summed E-state index contributed by atoms with van der Waals surface area (Å²) in [4.78, 5) is 39.9. The molecule has 0 fully saturated rings. The molecule has 174 valence electrons. The molecule has 2 rings (SSSR count). The van der Waals surface area contributed by atoms with E-state index in [9.17, 15) is 14.4 Å². The number of carbonyl (C=O) groups excluding carboxylic acids is 2. The molecular formula is C25H35N3O4. The van der Waals surface area contributed by atoms with Gasteiger partial charge in [0, 0.05) is 18.7 Å². The van der Waals surface area contributed by atoms with E-state index in [-0.39, 0.29) is 23.2 Å². The maximum Gasteiger partial charge on any atom is 0.339 e. The Hall–Kier alpha value is -2.96. The number of ether oxygens (including phenoxy) is 1. The molecule has 1 heterocycles. The van der Waals surface area contributed by atoms with Gasteiger partial charge < -0.3 is 9.64 Å². The summed E-state index contributed by atoms with van der Waals surface area (Å²) in [5.74, 6) is -0.841. The van der Waals surface area contributed by atoms with Gasteiger partial charge in [0.2, 0.25) is 0 Å². The number of aryl methyl sites for hydroxylation is 1. The number of carbonyl (C=O) groups is 2. The lowest BCUT2D eigenvalue weighted by atomic mass is 10.0. The van der Waals surface area contributed by atoms with Crippen molar-refractivity contribution in [2.45, 2.75) is 78.3 Å². The average Bonchev–Trinajstić information content (AvgIpc) is 2.81. The lowest BCUT2D eigenvalue weighted by Crippen LogP contribution is -2.41. The standard InChI is InChI=1S/C25H35N3O4/c1-5-7-9-10-13-19(3)28(22-15-12-11-14-20(22)25(31)32-4)24(30)21-16-17-23(29)27(26-21)18-8-6-2/h11-12,14-17,19H,5-10,13,18H2,1-4H3/t19-/m1/s1. The van der Waals surface area contributed by atoms with Crippen molar-refractivity contribution < 1.29 is 14.3 Å². The van der Waals surface area contributed by atoms with Crippen molar-refractivity contribution in [1.82, 2.24) is 9.78 Å². The number of anilines is 1. The zero-order chi connectivity index (χ0) is 23.5. The van der Waals surface area contributed by atoms with Crippen LogP contribution < -0.4 is 10.5 Å². The van der Waals surface area contributed by atoms with Crippen LogP contribution in [0.2, 0.25) is 0 Å². The summed E-state index contributed by atoms with van der Waals surface area (Å²) in [6.07, 6.45) is 6.84. The summed E-state index contributed by atoms with van der Waals surface area (Å²) in [5, 5.41) is 4.34. The van der Waals surface area contributed by atoms with Gasteiger partial charge in [0.1, 0.15) is 5.69 Å². The molecule has 32 heavy (non-hydrogen) atoms. The highest BCUT2D eigenvalue weighted by Crippen LogP contribution is 2.27. The SMILES string of the molecule is CCCCCC[C@@H](C)N(C(=O)c1ccc(=O)n(CCCC)n1)c1ccccc1C(=O)OC. The molecule has 7 nitrogen and oxygen atoms in total. The third kappa shape index (κ3) is 6.52. The molecule has 7 heteroatoms. The number of nitrogens with zero attached hydrogens (tertiary/aromatic N) is 3. The van der Waals surface area contributed by atoms with E-state index in [1.807, 2.05) is 13.8 Å². The zero-order valence-corrected chi connectivity index (χ0v) is 19.7. The van der Waals surface area contributed by atoms with Crippen LogP contribution in [0.5, 0.6) is 0 Å². The molecule has 0 N–H and O–H groups in total. The van der Waals surface area contributed by atoms with Gasteiger partial charge in [0.25, 0.3) is 11.5 Å². The van der Waals surface area contributed by atoms with Crippen LogP contribution in [0.1, 0.15) is 86.6 Å². The summed E-state index contributed by atoms with van der Waals surface area (Å²) in [6, 6.07) is 9.62. The van der Waals surface area contributed by atoms with E-state index in [0.29, 0.717) is 17.8 Å². The van der Waals surface area contributed by atoms with Gasteiger partial charge in [0.15, 0.2) is 0 Å². The number of esters is 1. The Balaban J connectivity index is 2.46. The van der Waals surface area contributed by atoms with E-state index >= 15 is 0 Å². The summed E-state index contributed by atoms with van der Waals surface area (Å²) >= 11 is 0. The number of methoxy groups -OCH3 is 1. The number of hydrogen-bond donors (Lipinski definition) is 0. The highest BCUT2D eigenvalue weighted by Gasteiger charge is 2.28. The Morgan fingerprint density at radius 2 is 1.75 bits per heavy atom. The zero-order valence-electron chi connectivity index (χ0n) is 19.7. The first-order chi connectivity index (χ1) is 15.4. The number of aromatic nitrogens is 2. The second kappa shape index (κ2) is 12.8. The predicted molar refractivity (Wildman–Crippen MR) is 126 cm³/mol. The predicted octanol–water partition coefficient (Wildman–Crippen LogP) is 4.84. The minimum absolute atomic E-state index is 0.164. The van der Waals surface area contributed by atoms with Crippen LogP contribution in [0.3, 0.4) is 0 Å². The maximum absolute atomic E-state index is 13.7. The highest BCUT2D eigenvalue weighted by atomic mass is 16.5. The summed E-state index contributed by atoms with van der Waals surface area (Å²) in [6.45, 7) is 6.63. The van der Waals surface area contributed by atoms with Gasteiger partial charge in [-0.25, -0.2) is 9.48 Å². The lowest BCUT2D eigenvalue weighted by molar-refractivity contribution is 0.0601. The summed E-state index contributed by atoms with van der Waals surface area (Å²) in [5.41, 5.74) is 0.758. The van der Waals surface area contributed by atoms with Crippen LogP contribution in [0.25, 0.3) is 0 Å². The van der Waals surface area contributed by atoms with Crippen LogP contribution in [0.15, 0.2) is 41.2 Å². The van der Waals surface area contributed by atoms with Crippen molar-refractivity contribution in [1.29, 1.82) is 0 Å². The molecule has 0 unspecified atom stereocenters. The molecule has 0 aliphatic carbocycles. The van der Waals surface area contributed by atoms with Gasteiger partial charge in [-0.1, -0.05) is 58.1 Å². The van der Waals surface area contributed by atoms with E-state index < -0.39 is 5.97 Å². The van der Waals surface area contributed by atoms with Crippen molar-refractivity contribution in [3.8, 4) is 0 Å². The Bertz CT molecular complexity index is 954. The van der Waals surface area contributed by atoms with E-state index in [2.05, 4.69) is 12.0 Å². The first-order valence-corrected chi connectivity index (χ1v) is 11.5. The third-order valence-electron chi connectivity index (χ3n) is 5.51. The molecule has 0 saturated heterocycles. The quantitative estimate of drug-likeness (QED) is 0.348. The molecule has 0 bridgehead atoms. The number of unbranched alkanes of at least 4 members (excludes halogenated alkanes) is 4. The second-order valence-electron chi connectivity index (χ2n) is 8.02. The normalized spacial score (nSPS) is 11.8. The molecule has 0 saturated carbocycles. The Kier molecular flexibility index (Phi) is 10.1. The largest absolute Gasteiger partial charge is 0.465 e. The first kappa shape index (κ1) is 25.3. The number of amides is 1. The minimum atomic E-state index is -0.502. The number of rotatable bonds is 12. The molecule has 1 aromatic carbocycles. The number of hydrogen-bond acceptors (Lipinski definition) is 5. The molecular weight excluding hydrogens is 406 g/mol. The van der Waals surface area contributed by atoms with Crippen molar-refractivity contribution in [2.24, 2.45) is 0 Å². The fourth-order valence-electron chi connectivity index (χ4n) is 3.66. The first-order valence-electron chi connectivity index (χ1n) is 11.5. The summed E-state index contributed by atoms with van der Waals surface area (Å²) in [7, 11) is 1.32. The second-order valence-corrected chi connectivity index (χ2v) is 8.02. The van der Waals surface area contributed by atoms with Crippen LogP contribution in [-0.2, 0) is 11.3 Å². The smallest absolute Gasteiger partial charge is 0.339 e. The monoisotopic (exact) mass is 441 g/mol. The molecule has 0 aliphatic rings. The maximum atomic E-state index is 13.7. The Labute approximate surface area is 190 Å². The van der Waals surface area contributed by atoms with Gasteiger partial charge in [-0.05, 0) is 38.0 Å². The van der Waals surface area contributed by atoms with Crippen molar-refractivity contribution in [3.05, 3.63) is 58.0 Å². The third-order valence-corrected chi connectivity index (χ3v) is 5.51. The van der Waals surface area contributed by atoms with Crippen LogP contribution >= 0.6 is 0 Å². The van der Waals surface area contributed by atoms with E-state index in [0.717, 1.165) is 44.9 Å². The van der Waals surface area contributed by atoms with Gasteiger partial charge in [-0.15, -0.1) is 0 Å². The van der Waals surface area contributed by atoms with Crippen molar-refractivity contribution in [2.75, 3.05) is 12.0 Å². The fraction of sp³-hybridized carbons (Fsp3) is 0.520. The molecule has 1 aromatic heterocycles. The van der Waals surface area contributed by atoms with Crippen LogP contribution in [-0.4, -0.2) is 34.8 Å². The molecule has 0 radical (unpaired) electrons. The topological polar surface area (TPSA) is 81.5 Å². The molecule has 0 spiro atoms. The molecule has 1 atom stereocenters. The van der Waals surface area contributed by atoms with Crippen LogP contribution in [0.4, 0.5) is 5.69 Å².